The molecule has 0 radical (unpaired) electrons. The highest BCUT2D eigenvalue weighted by Gasteiger charge is 2.38. The first-order valence-corrected chi connectivity index (χ1v) is 7.08. The summed E-state index contributed by atoms with van der Waals surface area (Å²) >= 11 is 0. The van der Waals surface area contributed by atoms with Gasteiger partial charge in [-0.2, -0.15) is 23.0 Å². The number of ether oxygens (including phenoxy) is 1. The lowest BCUT2D eigenvalue weighted by Crippen LogP contribution is -2.27. The molecule has 14 heteroatoms. The van der Waals surface area contributed by atoms with Crippen molar-refractivity contribution >= 4 is 17.9 Å². The number of carbonyl (C=O) groups excluding carboxylic acids is 1. The SMILES string of the molecule is COC(=O)N(C)c1cc(-n2ncnc2[C@H](C)N)ncn1.O=C(O)C(F)(F)F. The molecule has 27 heavy (non-hydrogen) atoms. The Labute approximate surface area is 150 Å². The topological polar surface area (TPSA) is 149 Å². The van der Waals surface area contributed by atoms with Crippen molar-refractivity contribution in [1.29, 1.82) is 0 Å². The molecule has 11 nitrogen and oxygen atoms in total. The first kappa shape index (κ1) is 21.8. The highest BCUT2D eigenvalue weighted by Crippen LogP contribution is 2.16. The first-order valence-electron chi connectivity index (χ1n) is 7.08. The van der Waals surface area contributed by atoms with E-state index >= 15 is 0 Å². The van der Waals surface area contributed by atoms with Gasteiger partial charge < -0.3 is 15.6 Å². The largest absolute Gasteiger partial charge is 0.490 e. The van der Waals surface area contributed by atoms with Gasteiger partial charge in [0, 0.05) is 13.1 Å². The lowest BCUT2D eigenvalue weighted by Gasteiger charge is -2.15. The minimum atomic E-state index is -5.08. The van der Waals surface area contributed by atoms with E-state index in [0.717, 1.165) is 0 Å². The van der Waals surface area contributed by atoms with Gasteiger partial charge in [0.15, 0.2) is 11.6 Å². The van der Waals surface area contributed by atoms with Gasteiger partial charge in [-0.3, -0.25) is 4.90 Å². The monoisotopic (exact) mass is 391 g/mol. The van der Waals surface area contributed by atoms with E-state index in [1.165, 1.54) is 29.3 Å². The highest BCUT2D eigenvalue weighted by molar-refractivity contribution is 5.85. The van der Waals surface area contributed by atoms with E-state index in [-0.39, 0.29) is 6.04 Å². The molecule has 148 valence electrons. The molecule has 0 saturated carbocycles. The zero-order chi connectivity index (χ0) is 20.8. The summed E-state index contributed by atoms with van der Waals surface area (Å²) in [5, 5.41) is 11.2. The van der Waals surface area contributed by atoms with E-state index in [1.807, 2.05) is 0 Å². The Morgan fingerprint density at radius 1 is 1.30 bits per heavy atom. The maximum Gasteiger partial charge on any atom is 0.490 e. The fraction of sp³-hybridized carbons (Fsp3) is 0.385. The number of hydrogen-bond acceptors (Lipinski definition) is 8. The Morgan fingerprint density at radius 3 is 2.37 bits per heavy atom. The number of hydrogen-bond donors (Lipinski definition) is 2. The second kappa shape index (κ2) is 8.88. The van der Waals surface area contributed by atoms with E-state index < -0.39 is 18.2 Å². The van der Waals surface area contributed by atoms with Crippen molar-refractivity contribution in [2.24, 2.45) is 5.73 Å². The number of carboxylic acid groups (broad SMARTS) is 1. The molecule has 0 spiro atoms. The van der Waals surface area contributed by atoms with Crippen molar-refractivity contribution in [1.82, 2.24) is 24.7 Å². The van der Waals surface area contributed by atoms with Gasteiger partial charge in [-0.1, -0.05) is 0 Å². The Kier molecular flexibility index (Phi) is 7.16. The van der Waals surface area contributed by atoms with Crippen LogP contribution in [0.5, 0.6) is 0 Å². The first-order chi connectivity index (χ1) is 12.5. The summed E-state index contributed by atoms with van der Waals surface area (Å²) in [6, 6.07) is 1.30. The average Bonchev–Trinajstić information content (AvgIpc) is 3.10. The lowest BCUT2D eigenvalue weighted by atomic mass is 10.3. The van der Waals surface area contributed by atoms with E-state index in [4.69, 9.17) is 15.6 Å². The number of halogens is 3. The third kappa shape index (κ3) is 5.88. The number of amides is 1. The Bertz CT molecular complexity index is 794. The summed E-state index contributed by atoms with van der Waals surface area (Å²) < 4.78 is 37.9. The standard InChI is InChI=1S/C11H15N7O2.C2HF3O2/c1-7(12)10-15-6-16-18(10)9-4-8(13-5-14-9)17(2)11(19)20-3;3-2(4,5)1(6)7/h4-7H,12H2,1-3H3;(H,6,7)/t7-;/m0./s1. The maximum atomic E-state index is 11.5. The quantitative estimate of drug-likeness (QED) is 0.778. The van der Waals surface area contributed by atoms with Crippen molar-refractivity contribution in [2.75, 3.05) is 19.1 Å². The molecule has 2 heterocycles. The predicted octanol–water partition coefficient (Wildman–Crippen LogP) is 0.913. The van der Waals surface area contributed by atoms with Crippen molar-refractivity contribution in [2.45, 2.75) is 19.1 Å². The van der Waals surface area contributed by atoms with Crippen LogP contribution in [0.1, 0.15) is 18.8 Å². The number of aliphatic carboxylic acids is 1. The Hall–Kier alpha value is -3.29. The number of anilines is 1. The molecule has 0 saturated heterocycles. The second-order valence-corrected chi connectivity index (χ2v) is 4.89. The minimum Gasteiger partial charge on any atom is -0.475 e. The van der Waals surface area contributed by atoms with Crippen molar-refractivity contribution in [3.05, 3.63) is 24.5 Å². The van der Waals surface area contributed by atoms with Crippen LogP contribution in [-0.2, 0) is 9.53 Å². The molecule has 1 atom stereocenters. The summed E-state index contributed by atoms with van der Waals surface area (Å²) in [7, 11) is 2.85. The number of carboxylic acids is 1. The van der Waals surface area contributed by atoms with Gasteiger partial charge in [-0.25, -0.2) is 24.5 Å². The van der Waals surface area contributed by atoms with Crippen LogP contribution in [0, 0.1) is 0 Å². The van der Waals surface area contributed by atoms with Crippen LogP contribution in [0.15, 0.2) is 18.7 Å². The molecular formula is C13H16F3N7O4. The fourth-order valence-electron chi connectivity index (χ4n) is 1.60. The normalized spacial score (nSPS) is 11.8. The molecule has 0 aliphatic carbocycles. The summed E-state index contributed by atoms with van der Waals surface area (Å²) in [5.74, 6) is -1.34. The molecule has 0 aromatic carbocycles. The van der Waals surface area contributed by atoms with Crippen LogP contribution >= 0.6 is 0 Å². The maximum absolute atomic E-state index is 11.5. The number of alkyl halides is 3. The van der Waals surface area contributed by atoms with Crippen LogP contribution in [0.25, 0.3) is 5.82 Å². The van der Waals surface area contributed by atoms with Gasteiger partial charge in [0.1, 0.15) is 18.5 Å². The summed E-state index contributed by atoms with van der Waals surface area (Å²) in [6.45, 7) is 1.79. The Balaban J connectivity index is 0.000000445. The lowest BCUT2D eigenvalue weighted by molar-refractivity contribution is -0.192. The number of nitrogens with two attached hydrogens (primary N) is 1. The molecule has 0 bridgehead atoms. The van der Waals surface area contributed by atoms with Crippen LogP contribution in [0.2, 0.25) is 0 Å². The van der Waals surface area contributed by atoms with Crippen molar-refractivity contribution in [3.8, 4) is 5.82 Å². The van der Waals surface area contributed by atoms with Crippen LogP contribution in [-0.4, -0.2) is 62.2 Å². The van der Waals surface area contributed by atoms with Gasteiger partial charge in [-0.05, 0) is 6.92 Å². The molecule has 1 amide bonds. The van der Waals surface area contributed by atoms with Gasteiger partial charge in [-0.15, -0.1) is 0 Å². The molecule has 2 aromatic rings. The fourth-order valence-corrected chi connectivity index (χ4v) is 1.60. The molecule has 0 aliphatic rings. The van der Waals surface area contributed by atoms with E-state index in [0.29, 0.717) is 17.5 Å². The highest BCUT2D eigenvalue weighted by atomic mass is 19.4. The average molecular weight is 391 g/mol. The number of aromatic nitrogens is 5. The number of nitrogens with zero attached hydrogens (tertiary/aromatic N) is 6. The third-order valence-electron chi connectivity index (χ3n) is 2.87. The molecule has 2 rings (SSSR count). The van der Waals surface area contributed by atoms with Crippen LogP contribution in [0.3, 0.4) is 0 Å². The molecule has 0 aliphatic heterocycles. The molecule has 3 N–H and O–H groups in total. The van der Waals surface area contributed by atoms with Gasteiger partial charge in [0.2, 0.25) is 0 Å². The molecule has 0 fully saturated rings. The molecule has 2 aromatic heterocycles. The minimum absolute atomic E-state index is 0.297. The van der Waals surface area contributed by atoms with Gasteiger partial charge in [0.05, 0.1) is 13.2 Å². The summed E-state index contributed by atoms with van der Waals surface area (Å²) in [4.78, 5) is 33.8. The van der Waals surface area contributed by atoms with Crippen molar-refractivity contribution < 1.29 is 32.6 Å². The van der Waals surface area contributed by atoms with E-state index in [2.05, 4.69) is 24.8 Å². The Morgan fingerprint density at radius 2 is 1.89 bits per heavy atom. The van der Waals surface area contributed by atoms with Gasteiger partial charge in [0.25, 0.3) is 0 Å². The number of rotatable bonds is 3. The van der Waals surface area contributed by atoms with Gasteiger partial charge >= 0.3 is 18.2 Å². The van der Waals surface area contributed by atoms with E-state index in [9.17, 15) is 18.0 Å². The smallest absolute Gasteiger partial charge is 0.475 e. The number of carbonyl (C=O) groups is 2. The zero-order valence-corrected chi connectivity index (χ0v) is 14.4. The summed E-state index contributed by atoms with van der Waals surface area (Å²) in [5.41, 5.74) is 5.81. The second-order valence-electron chi connectivity index (χ2n) is 4.89. The predicted molar refractivity (Wildman–Crippen MR) is 84.1 cm³/mol. The van der Waals surface area contributed by atoms with Crippen LogP contribution in [0.4, 0.5) is 23.8 Å². The van der Waals surface area contributed by atoms with Crippen molar-refractivity contribution in [3.63, 3.8) is 0 Å². The summed E-state index contributed by atoms with van der Waals surface area (Å²) in [6.07, 6.45) is -2.89. The molecule has 0 unspecified atom stereocenters. The molecular weight excluding hydrogens is 375 g/mol. The van der Waals surface area contributed by atoms with E-state index in [1.54, 1.807) is 20.0 Å². The third-order valence-corrected chi connectivity index (χ3v) is 2.87. The van der Waals surface area contributed by atoms with Crippen LogP contribution < -0.4 is 10.6 Å². The zero-order valence-electron chi connectivity index (χ0n) is 14.4. The number of methoxy groups -OCH3 is 1.